The zero-order valence-corrected chi connectivity index (χ0v) is 8.79. The van der Waals surface area contributed by atoms with Crippen molar-refractivity contribution in [1.29, 1.82) is 0 Å². The summed E-state index contributed by atoms with van der Waals surface area (Å²) in [7, 11) is 1.51. The van der Waals surface area contributed by atoms with Gasteiger partial charge in [0.1, 0.15) is 0 Å². The summed E-state index contributed by atoms with van der Waals surface area (Å²) in [6, 6.07) is -1.06. The summed E-state index contributed by atoms with van der Waals surface area (Å²) in [4.78, 5) is 34.3. The number of esters is 1. The summed E-state index contributed by atoms with van der Waals surface area (Å²) in [5, 5.41) is 10.7. The molecule has 0 aromatic heterocycles. The minimum absolute atomic E-state index is 0.231. The van der Waals surface area contributed by atoms with Crippen molar-refractivity contribution < 1.29 is 19.2 Å². The summed E-state index contributed by atoms with van der Waals surface area (Å²) < 4.78 is 4.54. The third-order valence-electron chi connectivity index (χ3n) is 3.36. The van der Waals surface area contributed by atoms with Crippen molar-refractivity contribution in [3.05, 3.63) is 10.1 Å². The molecule has 7 nitrogen and oxygen atoms in total. The lowest BCUT2D eigenvalue weighted by Crippen LogP contribution is -2.55. The van der Waals surface area contributed by atoms with Gasteiger partial charge >= 0.3 is 12.1 Å². The fourth-order valence-corrected chi connectivity index (χ4v) is 2.39. The molecule has 0 aromatic rings. The van der Waals surface area contributed by atoms with Gasteiger partial charge in [-0.2, -0.15) is 0 Å². The first kappa shape index (κ1) is 10.8. The van der Waals surface area contributed by atoms with Crippen LogP contribution in [0.5, 0.6) is 0 Å². The predicted octanol–water partition coefficient (Wildman–Crippen LogP) is 0.409. The molecule has 3 atom stereocenters. The first-order valence-corrected chi connectivity index (χ1v) is 5.12. The van der Waals surface area contributed by atoms with Gasteiger partial charge in [-0.15, -0.1) is 0 Å². The van der Waals surface area contributed by atoms with Gasteiger partial charge in [0.2, 0.25) is 6.04 Å². The van der Waals surface area contributed by atoms with Crippen molar-refractivity contribution in [3.8, 4) is 0 Å². The highest BCUT2D eigenvalue weighted by Gasteiger charge is 2.47. The summed E-state index contributed by atoms with van der Waals surface area (Å²) in [6.45, 7) is 0. The summed E-state index contributed by atoms with van der Waals surface area (Å²) in [5.41, 5.74) is 0. The second kappa shape index (κ2) is 3.73. The van der Waals surface area contributed by atoms with Crippen molar-refractivity contribution in [1.82, 2.24) is 4.90 Å². The highest BCUT2D eigenvalue weighted by molar-refractivity contribution is 5.89. The Morgan fingerprint density at radius 2 is 2.12 bits per heavy atom. The van der Waals surface area contributed by atoms with Gasteiger partial charge in [-0.05, 0) is 6.42 Å². The van der Waals surface area contributed by atoms with Crippen LogP contribution in [0.4, 0.5) is 4.79 Å². The third-order valence-corrected chi connectivity index (χ3v) is 3.36. The fraction of sp³-hybridized carbons (Fsp3) is 0.778. The summed E-state index contributed by atoms with van der Waals surface area (Å²) in [5.74, 6) is -0.950. The van der Waals surface area contributed by atoms with Crippen LogP contribution in [0.1, 0.15) is 19.3 Å². The quantitative estimate of drug-likeness (QED) is 0.280. The Hall–Kier alpha value is -1.66. The molecule has 7 heteroatoms. The maximum absolute atomic E-state index is 11.4. The summed E-state index contributed by atoms with van der Waals surface area (Å²) in [6.07, 6.45) is 0.294. The SMILES string of the molecule is CN1C(=O)OC(=O)C2CCC([N+](=O)[O-])CC21. The molecule has 2 rings (SSSR count). The average molecular weight is 228 g/mol. The molecule has 2 aliphatic rings. The first-order chi connectivity index (χ1) is 7.50. The molecule has 3 unspecified atom stereocenters. The number of carbonyl (C=O) groups excluding carboxylic acids is 2. The molecule has 0 radical (unpaired) electrons. The molecule has 0 bridgehead atoms. The molecule has 1 amide bonds. The molecule has 2 fully saturated rings. The van der Waals surface area contributed by atoms with Crippen LogP contribution in [-0.4, -0.2) is 41.0 Å². The largest absolute Gasteiger partial charge is 0.417 e. The Morgan fingerprint density at radius 1 is 1.44 bits per heavy atom. The number of nitrogens with zero attached hydrogens (tertiary/aromatic N) is 2. The Labute approximate surface area is 91.5 Å². The Kier molecular flexibility index (Phi) is 2.53. The van der Waals surface area contributed by atoms with Crippen molar-refractivity contribution in [2.24, 2.45) is 5.92 Å². The second-order valence-electron chi connectivity index (χ2n) is 4.22. The predicted molar refractivity (Wildman–Crippen MR) is 51.2 cm³/mol. The van der Waals surface area contributed by atoms with E-state index in [1.54, 1.807) is 0 Å². The Balaban J connectivity index is 2.17. The second-order valence-corrected chi connectivity index (χ2v) is 4.22. The normalized spacial score (nSPS) is 34.3. The van der Waals surface area contributed by atoms with Crippen LogP contribution < -0.4 is 0 Å². The number of rotatable bonds is 1. The van der Waals surface area contributed by atoms with Crippen LogP contribution in [0.15, 0.2) is 0 Å². The van der Waals surface area contributed by atoms with Crippen LogP contribution in [-0.2, 0) is 9.53 Å². The molecule has 0 N–H and O–H groups in total. The molecule has 1 saturated heterocycles. The molecule has 0 spiro atoms. The standard InChI is InChI=1S/C9H12N2O5/c1-10-7-4-5(11(14)15)2-3-6(7)8(12)16-9(10)13/h5-7H,2-4H2,1H3. The van der Waals surface area contributed by atoms with Crippen LogP contribution in [0.3, 0.4) is 0 Å². The fourth-order valence-electron chi connectivity index (χ4n) is 2.39. The number of carbonyl (C=O) groups is 2. The lowest BCUT2D eigenvalue weighted by molar-refractivity contribution is -0.528. The molecule has 1 aliphatic heterocycles. The van der Waals surface area contributed by atoms with Gasteiger partial charge in [0.25, 0.3) is 0 Å². The van der Waals surface area contributed by atoms with Gasteiger partial charge in [-0.1, -0.05) is 0 Å². The van der Waals surface area contributed by atoms with Gasteiger partial charge in [0.05, 0.1) is 12.0 Å². The van der Waals surface area contributed by atoms with Crippen molar-refractivity contribution >= 4 is 12.1 Å². The van der Waals surface area contributed by atoms with E-state index in [4.69, 9.17) is 0 Å². The van der Waals surface area contributed by atoms with E-state index in [0.29, 0.717) is 12.8 Å². The Morgan fingerprint density at radius 3 is 2.75 bits per heavy atom. The third kappa shape index (κ3) is 1.62. The zero-order chi connectivity index (χ0) is 11.9. The number of amides is 1. The van der Waals surface area contributed by atoms with E-state index in [1.165, 1.54) is 11.9 Å². The number of fused-ring (bicyclic) bond motifs is 1. The van der Waals surface area contributed by atoms with Gasteiger partial charge in [-0.25, -0.2) is 4.79 Å². The van der Waals surface area contributed by atoms with Crippen LogP contribution in [0.25, 0.3) is 0 Å². The van der Waals surface area contributed by atoms with Crippen LogP contribution >= 0.6 is 0 Å². The monoisotopic (exact) mass is 228 g/mol. The van der Waals surface area contributed by atoms with Crippen molar-refractivity contribution in [2.75, 3.05) is 7.05 Å². The van der Waals surface area contributed by atoms with E-state index in [1.807, 2.05) is 0 Å². The lowest BCUT2D eigenvalue weighted by Gasteiger charge is -2.39. The minimum Gasteiger partial charge on any atom is -0.376 e. The molecule has 1 saturated carbocycles. The average Bonchev–Trinajstić information content (AvgIpc) is 2.25. The van der Waals surface area contributed by atoms with Crippen LogP contribution in [0.2, 0.25) is 0 Å². The molecule has 1 heterocycles. The number of hydrogen-bond acceptors (Lipinski definition) is 5. The van der Waals surface area contributed by atoms with E-state index < -0.39 is 30.1 Å². The van der Waals surface area contributed by atoms with Crippen molar-refractivity contribution in [3.63, 3.8) is 0 Å². The van der Waals surface area contributed by atoms with Gasteiger partial charge < -0.3 is 9.64 Å². The molecular formula is C9H12N2O5. The minimum atomic E-state index is -0.713. The maximum atomic E-state index is 11.4. The maximum Gasteiger partial charge on any atom is 0.417 e. The molecule has 16 heavy (non-hydrogen) atoms. The van der Waals surface area contributed by atoms with Crippen molar-refractivity contribution in [2.45, 2.75) is 31.3 Å². The van der Waals surface area contributed by atoms with E-state index in [2.05, 4.69) is 4.74 Å². The highest BCUT2D eigenvalue weighted by atomic mass is 16.6. The number of ether oxygens (including phenoxy) is 1. The Bertz CT molecular complexity index is 356. The van der Waals surface area contributed by atoms with E-state index >= 15 is 0 Å². The van der Waals surface area contributed by atoms with E-state index in [-0.39, 0.29) is 11.3 Å². The zero-order valence-electron chi connectivity index (χ0n) is 8.79. The van der Waals surface area contributed by atoms with Gasteiger partial charge in [0.15, 0.2) is 0 Å². The number of nitro groups is 1. The first-order valence-electron chi connectivity index (χ1n) is 5.12. The highest BCUT2D eigenvalue weighted by Crippen LogP contribution is 2.33. The molecule has 1 aliphatic carbocycles. The lowest BCUT2D eigenvalue weighted by atomic mass is 9.80. The van der Waals surface area contributed by atoms with Gasteiger partial charge in [0, 0.05) is 24.8 Å². The van der Waals surface area contributed by atoms with E-state index in [0.717, 1.165) is 0 Å². The number of hydrogen-bond donors (Lipinski definition) is 0. The summed E-state index contributed by atoms with van der Waals surface area (Å²) >= 11 is 0. The van der Waals surface area contributed by atoms with Gasteiger partial charge in [-0.3, -0.25) is 14.9 Å². The van der Waals surface area contributed by atoms with E-state index in [9.17, 15) is 19.7 Å². The smallest absolute Gasteiger partial charge is 0.376 e. The topological polar surface area (TPSA) is 89.8 Å². The number of cyclic esters (lactones) is 2. The van der Waals surface area contributed by atoms with Crippen LogP contribution in [0, 0.1) is 16.0 Å². The molecule has 0 aromatic carbocycles. The molecule has 88 valence electrons. The molecular weight excluding hydrogens is 216 g/mol.